The largest absolute Gasteiger partial charge is 0.342 e. The number of Topliss-reactive ketones (excluding diaryl/α,β-unsaturated/α-hetero) is 2. The molecule has 1 heterocycles. The van der Waals surface area contributed by atoms with E-state index >= 15 is 0 Å². The zero-order valence-corrected chi connectivity index (χ0v) is 21.1. The number of benzene rings is 3. The lowest BCUT2D eigenvalue weighted by molar-refractivity contribution is -0.125. The molecular weight excluding hydrogens is 509 g/mol. The summed E-state index contributed by atoms with van der Waals surface area (Å²) in [7, 11) is 0. The number of nitrogens with zero attached hydrogens (tertiary/aromatic N) is 4. The van der Waals surface area contributed by atoms with Gasteiger partial charge < -0.3 is 5.32 Å². The fourth-order valence-corrected chi connectivity index (χ4v) is 4.08. The highest BCUT2D eigenvalue weighted by Crippen LogP contribution is 2.20. The van der Waals surface area contributed by atoms with E-state index in [2.05, 4.69) is 20.8 Å². The summed E-state index contributed by atoms with van der Waals surface area (Å²) in [6.45, 7) is 1.28. The average molecular weight is 532 g/mol. The summed E-state index contributed by atoms with van der Waals surface area (Å²) in [4.78, 5) is 37.7. The molecule has 1 atom stereocenters. The van der Waals surface area contributed by atoms with Gasteiger partial charge in [0.05, 0.1) is 17.3 Å². The SMILES string of the molecule is CC(=O)c1ccc(CC(=O)[C@H](Cc2ccccc2)NC(=O)/C=C/c2cc(Cl)ccc2-n2cnnn2)cc1F. The number of hydrogen-bond donors (Lipinski definition) is 1. The Hall–Kier alpha value is -4.50. The van der Waals surface area contributed by atoms with E-state index in [-0.39, 0.29) is 24.2 Å². The highest BCUT2D eigenvalue weighted by molar-refractivity contribution is 6.30. The molecule has 0 aliphatic rings. The average Bonchev–Trinajstić information content (AvgIpc) is 3.42. The third-order valence-electron chi connectivity index (χ3n) is 5.78. The maximum absolute atomic E-state index is 14.3. The van der Waals surface area contributed by atoms with Crippen molar-refractivity contribution in [1.82, 2.24) is 25.5 Å². The van der Waals surface area contributed by atoms with Gasteiger partial charge >= 0.3 is 0 Å². The number of amides is 1. The van der Waals surface area contributed by atoms with Gasteiger partial charge in [0.25, 0.3) is 0 Å². The lowest BCUT2D eigenvalue weighted by atomic mass is 9.96. The molecule has 1 amide bonds. The number of halogens is 2. The molecule has 0 radical (unpaired) electrons. The van der Waals surface area contributed by atoms with E-state index in [1.54, 1.807) is 30.3 Å². The summed E-state index contributed by atoms with van der Waals surface area (Å²) >= 11 is 6.14. The monoisotopic (exact) mass is 531 g/mol. The number of carbonyl (C=O) groups excluding carboxylic acids is 3. The first-order chi connectivity index (χ1) is 18.3. The molecule has 0 bridgehead atoms. The van der Waals surface area contributed by atoms with E-state index in [4.69, 9.17) is 11.6 Å². The van der Waals surface area contributed by atoms with Crippen molar-refractivity contribution in [3.8, 4) is 5.69 Å². The zero-order valence-electron chi connectivity index (χ0n) is 20.3. The molecule has 10 heteroatoms. The lowest BCUT2D eigenvalue weighted by Crippen LogP contribution is -2.42. The summed E-state index contributed by atoms with van der Waals surface area (Å²) in [5, 5.41) is 14.4. The van der Waals surface area contributed by atoms with Crippen molar-refractivity contribution in [1.29, 1.82) is 0 Å². The van der Waals surface area contributed by atoms with Gasteiger partial charge in [-0.2, -0.15) is 4.68 Å². The van der Waals surface area contributed by atoms with E-state index in [1.165, 1.54) is 36.1 Å². The van der Waals surface area contributed by atoms with Crippen molar-refractivity contribution in [2.24, 2.45) is 0 Å². The molecule has 4 aromatic rings. The van der Waals surface area contributed by atoms with Crippen LogP contribution in [0, 0.1) is 5.82 Å². The lowest BCUT2D eigenvalue weighted by Gasteiger charge is -2.17. The van der Waals surface area contributed by atoms with Gasteiger partial charge in [0.1, 0.15) is 12.1 Å². The second-order valence-corrected chi connectivity index (χ2v) is 8.99. The number of rotatable bonds is 10. The zero-order chi connectivity index (χ0) is 27.1. The number of ketones is 2. The Balaban J connectivity index is 1.53. The van der Waals surface area contributed by atoms with E-state index in [0.717, 1.165) is 5.56 Å². The fourth-order valence-electron chi connectivity index (χ4n) is 3.90. The molecule has 192 valence electrons. The first-order valence-corrected chi connectivity index (χ1v) is 12.1. The van der Waals surface area contributed by atoms with E-state index < -0.39 is 23.5 Å². The van der Waals surface area contributed by atoms with Gasteiger partial charge in [-0.25, -0.2) is 4.39 Å². The van der Waals surface area contributed by atoms with Crippen molar-refractivity contribution in [2.75, 3.05) is 0 Å². The van der Waals surface area contributed by atoms with Gasteiger partial charge in [-0.3, -0.25) is 14.4 Å². The van der Waals surface area contributed by atoms with E-state index in [9.17, 15) is 18.8 Å². The minimum absolute atomic E-state index is 0.0393. The molecule has 0 saturated carbocycles. The predicted octanol–water partition coefficient (Wildman–Crippen LogP) is 4.21. The van der Waals surface area contributed by atoms with Crippen molar-refractivity contribution < 1.29 is 18.8 Å². The standard InChI is InChI=1S/C28H23ClFN5O3/c1-18(36)23-10-7-20(13-24(23)30)15-27(37)25(14-19-5-3-2-4-6-19)32-28(38)12-8-21-16-22(29)9-11-26(21)35-17-31-33-34-35/h2-13,16-17,25H,14-15H2,1H3,(H,32,38)/b12-8+/t25-/m0/s1. The summed E-state index contributed by atoms with van der Waals surface area (Å²) in [6, 6.07) is 17.5. The highest BCUT2D eigenvalue weighted by Gasteiger charge is 2.21. The van der Waals surface area contributed by atoms with Gasteiger partial charge in [0, 0.05) is 23.1 Å². The van der Waals surface area contributed by atoms with Crippen LogP contribution in [0.2, 0.25) is 5.02 Å². The van der Waals surface area contributed by atoms with E-state index in [0.29, 0.717) is 21.8 Å². The fraction of sp³-hybridized carbons (Fsp3) is 0.143. The third-order valence-corrected chi connectivity index (χ3v) is 6.01. The number of hydrogen-bond acceptors (Lipinski definition) is 6. The highest BCUT2D eigenvalue weighted by atomic mass is 35.5. The molecule has 0 saturated heterocycles. The smallest absolute Gasteiger partial charge is 0.244 e. The quantitative estimate of drug-likeness (QED) is 0.243. The van der Waals surface area contributed by atoms with Gasteiger partial charge in [0.15, 0.2) is 11.6 Å². The topological polar surface area (TPSA) is 107 Å². The van der Waals surface area contributed by atoms with Gasteiger partial charge in [0.2, 0.25) is 5.91 Å². The van der Waals surface area contributed by atoms with Crippen LogP contribution in [0.1, 0.15) is 34.0 Å². The Morgan fingerprint density at radius 1 is 1.05 bits per heavy atom. The first-order valence-electron chi connectivity index (χ1n) is 11.7. The summed E-state index contributed by atoms with van der Waals surface area (Å²) < 4.78 is 15.7. The van der Waals surface area contributed by atoms with Crippen LogP contribution >= 0.6 is 11.6 Å². The molecule has 38 heavy (non-hydrogen) atoms. The maximum atomic E-state index is 14.3. The van der Waals surface area contributed by atoms with Crippen LogP contribution in [-0.4, -0.2) is 43.7 Å². The van der Waals surface area contributed by atoms with Crippen molar-refractivity contribution in [2.45, 2.75) is 25.8 Å². The molecule has 0 spiro atoms. The number of carbonyl (C=O) groups is 3. The Morgan fingerprint density at radius 3 is 2.53 bits per heavy atom. The number of aromatic nitrogens is 4. The minimum atomic E-state index is -0.872. The van der Waals surface area contributed by atoms with Gasteiger partial charge in [-0.15, -0.1) is 5.10 Å². The first kappa shape index (κ1) is 26.6. The van der Waals surface area contributed by atoms with Crippen LogP contribution in [0.4, 0.5) is 4.39 Å². The van der Waals surface area contributed by atoms with Crippen LogP contribution in [0.25, 0.3) is 11.8 Å². The second kappa shape index (κ2) is 12.2. The van der Waals surface area contributed by atoms with Crippen molar-refractivity contribution in [3.05, 3.63) is 112 Å². The Labute approximate surface area is 223 Å². The summed E-state index contributed by atoms with van der Waals surface area (Å²) in [5.41, 5.74) is 2.42. The molecule has 1 aromatic heterocycles. The third kappa shape index (κ3) is 6.83. The Morgan fingerprint density at radius 2 is 1.84 bits per heavy atom. The Bertz CT molecular complexity index is 1490. The maximum Gasteiger partial charge on any atom is 0.244 e. The van der Waals surface area contributed by atoms with Crippen LogP contribution in [0.15, 0.2) is 79.1 Å². The van der Waals surface area contributed by atoms with Crippen molar-refractivity contribution >= 4 is 35.2 Å². The molecule has 4 rings (SSSR count). The van der Waals surface area contributed by atoms with Crippen LogP contribution in [0.3, 0.4) is 0 Å². The molecule has 3 aromatic carbocycles. The molecule has 0 aliphatic heterocycles. The van der Waals surface area contributed by atoms with Gasteiger partial charge in [-0.1, -0.05) is 48.0 Å². The van der Waals surface area contributed by atoms with Gasteiger partial charge in [-0.05, 0) is 71.3 Å². The number of nitrogens with one attached hydrogen (secondary N) is 1. The molecule has 8 nitrogen and oxygen atoms in total. The molecule has 0 aliphatic carbocycles. The summed E-state index contributed by atoms with van der Waals surface area (Å²) in [6.07, 6.45) is 4.40. The van der Waals surface area contributed by atoms with Crippen LogP contribution < -0.4 is 5.32 Å². The van der Waals surface area contributed by atoms with E-state index in [1.807, 2.05) is 30.3 Å². The van der Waals surface area contributed by atoms with Crippen LogP contribution in [0.5, 0.6) is 0 Å². The second-order valence-electron chi connectivity index (χ2n) is 8.56. The van der Waals surface area contributed by atoms with Crippen molar-refractivity contribution in [3.63, 3.8) is 0 Å². The summed E-state index contributed by atoms with van der Waals surface area (Å²) in [5.74, 6) is -1.89. The molecule has 0 unspecified atom stereocenters. The molecular formula is C28H23ClFN5O3. The Kier molecular flexibility index (Phi) is 8.50. The normalized spacial score (nSPS) is 11.9. The minimum Gasteiger partial charge on any atom is -0.342 e. The van der Waals surface area contributed by atoms with Crippen LogP contribution in [-0.2, 0) is 22.4 Å². The number of tetrazole rings is 1. The predicted molar refractivity (Wildman–Crippen MR) is 140 cm³/mol. The molecule has 0 fully saturated rings. The molecule has 1 N–H and O–H groups in total.